The minimum absolute atomic E-state index is 0.0503. The Morgan fingerprint density at radius 2 is 1.81 bits per heavy atom. The maximum atomic E-state index is 13.9. The highest BCUT2D eigenvalue weighted by atomic mass is 16.2. The summed E-state index contributed by atoms with van der Waals surface area (Å²) in [6, 6.07) is 13.7. The molecule has 6 heteroatoms. The van der Waals surface area contributed by atoms with Crippen molar-refractivity contribution < 1.29 is 4.79 Å². The number of para-hydroxylation sites is 1. The lowest BCUT2D eigenvalue weighted by Gasteiger charge is -2.53. The first-order chi connectivity index (χ1) is 14.6. The Balaban J connectivity index is 2.09. The standard InChI is InChI=1S/C25H25N5O/c1-23(2,3)15-9-10-16-18(11-15)25(19(12-26)21(29)24(16,13-27)14-28)17-7-5-6-8-20(17)30(4)22(25)31/h5-8,10,15,18-19,29H,9,11H2,1-4H3/t15-,18-,19-,25+/m1/s1. The summed E-state index contributed by atoms with van der Waals surface area (Å²) in [5.74, 6) is -1.71. The van der Waals surface area contributed by atoms with E-state index in [1.807, 2.05) is 30.3 Å². The zero-order valence-corrected chi connectivity index (χ0v) is 18.2. The van der Waals surface area contributed by atoms with Crippen molar-refractivity contribution >= 4 is 17.3 Å². The van der Waals surface area contributed by atoms with Gasteiger partial charge in [0, 0.05) is 18.7 Å². The first-order valence-corrected chi connectivity index (χ1v) is 10.5. The number of likely N-dealkylation sites (N-methyl/N-ethyl adjacent to an activating group) is 1. The number of hydrogen-bond acceptors (Lipinski definition) is 5. The lowest BCUT2D eigenvalue weighted by Crippen LogP contribution is -2.62. The second-order valence-corrected chi connectivity index (χ2v) is 9.95. The third-order valence-electron chi connectivity index (χ3n) is 7.71. The molecule has 0 aromatic heterocycles. The Bertz CT molecular complexity index is 1140. The zero-order valence-electron chi connectivity index (χ0n) is 18.2. The number of fused-ring (bicyclic) bond motifs is 4. The summed E-state index contributed by atoms with van der Waals surface area (Å²) in [5, 5.41) is 39.3. The number of nitrogens with zero attached hydrogens (tertiary/aromatic N) is 4. The summed E-state index contributed by atoms with van der Waals surface area (Å²) in [4.78, 5) is 15.5. The van der Waals surface area contributed by atoms with Crippen LogP contribution in [0.1, 0.15) is 39.2 Å². The van der Waals surface area contributed by atoms with Crippen molar-refractivity contribution in [2.24, 2.45) is 28.6 Å². The average Bonchev–Trinajstić information content (AvgIpc) is 2.97. The van der Waals surface area contributed by atoms with Crippen molar-refractivity contribution in [2.75, 3.05) is 11.9 Å². The smallest absolute Gasteiger partial charge is 0.239 e. The number of benzene rings is 1. The van der Waals surface area contributed by atoms with Gasteiger partial charge in [-0.2, -0.15) is 15.8 Å². The molecule has 1 fully saturated rings. The maximum absolute atomic E-state index is 13.9. The van der Waals surface area contributed by atoms with Crippen LogP contribution in [0.3, 0.4) is 0 Å². The molecule has 0 saturated heterocycles. The molecular formula is C25H25N5O. The van der Waals surface area contributed by atoms with Gasteiger partial charge in [0.15, 0.2) is 0 Å². The second-order valence-electron chi connectivity index (χ2n) is 9.95. The van der Waals surface area contributed by atoms with Gasteiger partial charge < -0.3 is 10.3 Å². The molecule has 1 amide bonds. The minimum atomic E-state index is -1.81. The van der Waals surface area contributed by atoms with E-state index in [-0.39, 0.29) is 23.0 Å². The predicted molar refractivity (Wildman–Crippen MR) is 116 cm³/mol. The Morgan fingerprint density at radius 1 is 1.16 bits per heavy atom. The molecule has 1 aromatic rings. The molecule has 0 unspecified atom stereocenters. The summed E-state index contributed by atoms with van der Waals surface area (Å²) in [5.41, 5.74) is -1.48. The van der Waals surface area contributed by atoms with Crippen LogP contribution in [0.4, 0.5) is 5.69 Å². The fourth-order valence-electron chi connectivity index (χ4n) is 5.95. The van der Waals surface area contributed by atoms with Crippen LogP contribution in [-0.4, -0.2) is 18.7 Å². The van der Waals surface area contributed by atoms with Crippen molar-refractivity contribution in [3.05, 3.63) is 41.5 Å². The summed E-state index contributed by atoms with van der Waals surface area (Å²) in [6.45, 7) is 6.44. The van der Waals surface area contributed by atoms with Crippen LogP contribution >= 0.6 is 0 Å². The third kappa shape index (κ3) is 2.35. The number of allylic oxidation sites excluding steroid dienone is 2. The van der Waals surface area contributed by atoms with Gasteiger partial charge in [0.1, 0.15) is 11.3 Å². The van der Waals surface area contributed by atoms with Crippen LogP contribution in [0.5, 0.6) is 0 Å². The number of nitriles is 3. The van der Waals surface area contributed by atoms with Crippen molar-refractivity contribution in [3.63, 3.8) is 0 Å². The molecule has 4 atom stereocenters. The van der Waals surface area contributed by atoms with Gasteiger partial charge in [-0.1, -0.05) is 45.0 Å². The second kappa shape index (κ2) is 6.53. The number of carbonyl (C=O) groups is 1. The molecule has 1 spiro atoms. The molecule has 156 valence electrons. The average molecular weight is 412 g/mol. The molecule has 31 heavy (non-hydrogen) atoms. The van der Waals surface area contributed by atoms with Crippen LogP contribution in [-0.2, 0) is 10.2 Å². The Morgan fingerprint density at radius 3 is 2.39 bits per heavy atom. The van der Waals surface area contributed by atoms with Gasteiger partial charge in [-0.05, 0) is 41.4 Å². The highest BCUT2D eigenvalue weighted by molar-refractivity contribution is 6.15. The fraction of sp³-hybridized carbons (Fsp3) is 0.480. The molecule has 4 rings (SSSR count). The summed E-state index contributed by atoms with van der Waals surface area (Å²) < 4.78 is 0. The van der Waals surface area contributed by atoms with Crippen molar-refractivity contribution in [1.29, 1.82) is 21.2 Å². The van der Waals surface area contributed by atoms with Crippen molar-refractivity contribution in [1.82, 2.24) is 0 Å². The molecule has 2 aliphatic carbocycles. The van der Waals surface area contributed by atoms with Crippen LogP contribution in [0.15, 0.2) is 35.9 Å². The maximum Gasteiger partial charge on any atom is 0.239 e. The van der Waals surface area contributed by atoms with Gasteiger partial charge in [-0.3, -0.25) is 4.79 Å². The molecule has 1 N–H and O–H groups in total. The Hall–Kier alpha value is -3.43. The molecule has 1 aromatic carbocycles. The largest absolute Gasteiger partial charge is 0.314 e. The van der Waals surface area contributed by atoms with Crippen molar-refractivity contribution in [3.8, 4) is 18.2 Å². The normalized spacial score (nSPS) is 31.2. The van der Waals surface area contributed by atoms with Gasteiger partial charge >= 0.3 is 0 Å². The highest BCUT2D eigenvalue weighted by Gasteiger charge is 2.70. The van der Waals surface area contributed by atoms with Gasteiger partial charge in [-0.25, -0.2) is 0 Å². The number of amides is 1. The zero-order chi connectivity index (χ0) is 22.8. The van der Waals surface area contributed by atoms with E-state index in [9.17, 15) is 20.6 Å². The number of rotatable bonds is 0. The minimum Gasteiger partial charge on any atom is -0.314 e. The molecule has 0 radical (unpaired) electrons. The number of anilines is 1. The summed E-state index contributed by atoms with van der Waals surface area (Å²) in [7, 11) is 1.69. The van der Waals surface area contributed by atoms with Crippen LogP contribution in [0, 0.1) is 68.0 Å². The van der Waals surface area contributed by atoms with Crippen LogP contribution in [0.2, 0.25) is 0 Å². The molecule has 1 saturated carbocycles. The molecule has 0 bridgehead atoms. The topological polar surface area (TPSA) is 116 Å². The monoisotopic (exact) mass is 411 g/mol. The quantitative estimate of drug-likeness (QED) is 0.647. The van der Waals surface area contributed by atoms with Crippen LogP contribution < -0.4 is 4.90 Å². The van der Waals surface area contributed by atoms with Gasteiger partial charge in [-0.15, -0.1) is 0 Å². The fourth-order valence-corrected chi connectivity index (χ4v) is 5.95. The summed E-state index contributed by atoms with van der Waals surface area (Å²) >= 11 is 0. The van der Waals surface area contributed by atoms with Crippen LogP contribution in [0.25, 0.3) is 0 Å². The van der Waals surface area contributed by atoms with Gasteiger partial charge in [0.05, 0.1) is 23.9 Å². The van der Waals surface area contributed by atoms with E-state index in [4.69, 9.17) is 5.41 Å². The van der Waals surface area contributed by atoms with E-state index in [2.05, 4.69) is 39.0 Å². The van der Waals surface area contributed by atoms with E-state index in [1.165, 1.54) is 0 Å². The van der Waals surface area contributed by atoms with E-state index in [0.29, 0.717) is 24.0 Å². The predicted octanol–water partition coefficient (Wildman–Crippen LogP) is 4.11. The van der Waals surface area contributed by atoms with E-state index < -0.39 is 22.7 Å². The molecule has 6 nitrogen and oxygen atoms in total. The van der Waals surface area contributed by atoms with Gasteiger partial charge in [0.2, 0.25) is 11.3 Å². The molecule has 1 heterocycles. The Kier molecular flexibility index (Phi) is 4.39. The van der Waals surface area contributed by atoms with E-state index in [0.717, 1.165) is 5.69 Å². The third-order valence-corrected chi connectivity index (χ3v) is 7.71. The first kappa shape index (κ1) is 20.8. The highest BCUT2D eigenvalue weighted by Crippen LogP contribution is 2.63. The number of hydrogen-bond donors (Lipinski definition) is 1. The van der Waals surface area contributed by atoms with E-state index in [1.54, 1.807) is 11.9 Å². The lowest BCUT2D eigenvalue weighted by atomic mass is 9.45. The molecule has 3 aliphatic rings. The summed E-state index contributed by atoms with van der Waals surface area (Å²) in [6.07, 6.45) is 3.17. The first-order valence-electron chi connectivity index (χ1n) is 10.5. The SMILES string of the molecule is CN1C(=O)[C@]2(c3ccccc31)[C@H](C#N)C(=N)C(C#N)(C#N)C1=CC[C@@H](C(C)(C)C)C[C@H]12. The number of carbonyl (C=O) groups excluding carboxylic acids is 1. The molecule has 1 aliphatic heterocycles. The van der Waals surface area contributed by atoms with E-state index >= 15 is 0 Å². The molecular weight excluding hydrogens is 386 g/mol. The van der Waals surface area contributed by atoms with Crippen molar-refractivity contribution in [2.45, 2.75) is 39.0 Å². The number of nitrogens with one attached hydrogen (secondary N) is 1. The van der Waals surface area contributed by atoms with Gasteiger partial charge in [0.25, 0.3) is 0 Å². The lowest BCUT2D eigenvalue weighted by molar-refractivity contribution is -0.126. The Labute approximate surface area is 182 Å².